The van der Waals surface area contributed by atoms with Gasteiger partial charge in [0.1, 0.15) is 0 Å². The first-order valence-electron chi connectivity index (χ1n) is 4.76. The number of ether oxygens (including phenoxy) is 2. The fourth-order valence-electron chi connectivity index (χ4n) is 1.29. The Labute approximate surface area is 88.4 Å². The molecular weight excluding hydrogens is 200 g/mol. The van der Waals surface area contributed by atoms with E-state index in [-0.39, 0.29) is 11.8 Å². The molecule has 0 radical (unpaired) electrons. The van der Waals surface area contributed by atoms with Gasteiger partial charge in [-0.2, -0.15) is 0 Å². The molecule has 1 N–H and O–H groups in total. The fraction of sp³-hybridized carbons (Fsp3) is 0.800. The maximum atomic E-state index is 11.5. The lowest BCUT2D eigenvalue weighted by Gasteiger charge is -2.25. The first-order chi connectivity index (χ1) is 6.65. The highest BCUT2D eigenvalue weighted by Crippen LogP contribution is 2.36. The molecule has 2 atom stereocenters. The molecule has 5 heteroatoms. The molecule has 1 unspecified atom stereocenters. The Bertz CT molecular complexity index is 291. The smallest absolute Gasteiger partial charge is 0.341 e. The van der Waals surface area contributed by atoms with E-state index in [1.54, 1.807) is 0 Å². The molecule has 5 nitrogen and oxygen atoms in total. The minimum absolute atomic E-state index is 0.355. The third-order valence-corrected chi connectivity index (χ3v) is 2.21. The second-order valence-electron chi connectivity index (χ2n) is 5.02. The van der Waals surface area contributed by atoms with Crippen LogP contribution < -0.4 is 0 Å². The molecule has 0 saturated carbocycles. The summed E-state index contributed by atoms with van der Waals surface area (Å²) in [4.78, 5) is 22.1. The Morgan fingerprint density at radius 1 is 1.53 bits per heavy atom. The molecule has 86 valence electrons. The van der Waals surface area contributed by atoms with Crippen LogP contribution in [0.25, 0.3) is 0 Å². The highest BCUT2D eigenvalue weighted by molar-refractivity contribution is 5.86. The number of hydrogen-bond acceptors (Lipinski definition) is 4. The van der Waals surface area contributed by atoms with Gasteiger partial charge in [0, 0.05) is 5.41 Å². The summed E-state index contributed by atoms with van der Waals surface area (Å²) in [5, 5.41) is 8.66. The third-order valence-electron chi connectivity index (χ3n) is 2.21. The number of esters is 1. The minimum atomic E-state index is -1.36. The van der Waals surface area contributed by atoms with E-state index in [9.17, 15) is 9.59 Å². The van der Waals surface area contributed by atoms with E-state index in [2.05, 4.69) is 0 Å². The van der Waals surface area contributed by atoms with E-state index in [4.69, 9.17) is 14.6 Å². The van der Waals surface area contributed by atoms with Crippen molar-refractivity contribution < 1.29 is 24.2 Å². The maximum Gasteiger partial charge on any atom is 0.341 e. The Morgan fingerprint density at radius 3 is 2.40 bits per heavy atom. The molecule has 1 fully saturated rings. The number of cyclic esters (lactones) is 1. The molecule has 1 heterocycles. The summed E-state index contributed by atoms with van der Waals surface area (Å²) >= 11 is 0. The van der Waals surface area contributed by atoms with Crippen LogP contribution in [0.2, 0.25) is 0 Å². The summed E-state index contributed by atoms with van der Waals surface area (Å²) < 4.78 is 10.4. The number of carboxylic acids is 1. The summed E-state index contributed by atoms with van der Waals surface area (Å²) in [6.45, 7) is 7.02. The molecule has 1 saturated heterocycles. The second kappa shape index (κ2) is 3.48. The quantitative estimate of drug-likeness (QED) is 0.701. The summed E-state index contributed by atoms with van der Waals surface area (Å²) in [7, 11) is 0. The van der Waals surface area contributed by atoms with Crippen LogP contribution in [0.4, 0.5) is 0 Å². The van der Waals surface area contributed by atoms with Crippen LogP contribution in [0.5, 0.6) is 0 Å². The van der Waals surface area contributed by atoms with Gasteiger partial charge in [-0.1, -0.05) is 20.8 Å². The number of rotatable bonds is 2. The lowest BCUT2D eigenvalue weighted by molar-refractivity contribution is -0.158. The molecule has 0 amide bonds. The van der Waals surface area contributed by atoms with Crippen molar-refractivity contribution >= 4 is 11.9 Å². The molecular formula is C10H16O5. The Hall–Kier alpha value is -1.10. The van der Waals surface area contributed by atoms with E-state index >= 15 is 0 Å². The normalized spacial score (nSPS) is 31.5. The van der Waals surface area contributed by atoms with Crippen molar-refractivity contribution in [1.82, 2.24) is 0 Å². The predicted octanol–water partition coefficient (Wildman–Crippen LogP) is 1.17. The van der Waals surface area contributed by atoms with Crippen LogP contribution in [0.15, 0.2) is 0 Å². The van der Waals surface area contributed by atoms with Crippen LogP contribution in [0, 0.1) is 5.41 Å². The van der Waals surface area contributed by atoms with E-state index in [1.165, 1.54) is 6.92 Å². The average Bonchev–Trinajstić information content (AvgIpc) is 2.25. The molecule has 0 aliphatic carbocycles. The van der Waals surface area contributed by atoms with Crippen molar-refractivity contribution in [2.24, 2.45) is 5.41 Å². The first-order valence-corrected chi connectivity index (χ1v) is 4.76. The SMILES string of the molecule is CC1(CC(=O)O)O[C@H](C(C)(C)C)OC1=O. The van der Waals surface area contributed by atoms with Crippen molar-refractivity contribution in [3.05, 3.63) is 0 Å². The zero-order valence-electron chi connectivity index (χ0n) is 9.36. The molecule has 1 rings (SSSR count). The molecule has 0 bridgehead atoms. The molecule has 1 aliphatic heterocycles. The van der Waals surface area contributed by atoms with Crippen molar-refractivity contribution in [2.75, 3.05) is 0 Å². The Morgan fingerprint density at radius 2 is 2.07 bits per heavy atom. The van der Waals surface area contributed by atoms with Gasteiger partial charge in [-0.15, -0.1) is 0 Å². The van der Waals surface area contributed by atoms with Crippen LogP contribution in [0.3, 0.4) is 0 Å². The molecule has 15 heavy (non-hydrogen) atoms. The Kier molecular flexibility index (Phi) is 2.78. The average molecular weight is 216 g/mol. The van der Waals surface area contributed by atoms with Crippen molar-refractivity contribution in [2.45, 2.75) is 46.0 Å². The number of carboxylic acid groups (broad SMARTS) is 1. The summed E-state index contributed by atoms with van der Waals surface area (Å²) in [5.41, 5.74) is -1.71. The molecule has 0 aromatic heterocycles. The van der Waals surface area contributed by atoms with E-state index < -0.39 is 23.8 Å². The van der Waals surface area contributed by atoms with Gasteiger partial charge in [0.25, 0.3) is 0 Å². The van der Waals surface area contributed by atoms with Crippen LogP contribution in [0.1, 0.15) is 34.1 Å². The van der Waals surface area contributed by atoms with E-state index in [0.717, 1.165) is 0 Å². The zero-order chi connectivity index (χ0) is 11.9. The largest absolute Gasteiger partial charge is 0.481 e. The minimum Gasteiger partial charge on any atom is -0.481 e. The highest BCUT2D eigenvalue weighted by atomic mass is 16.8. The van der Waals surface area contributed by atoms with Gasteiger partial charge in [0.05, 0.1) is 6.42 Å². The highest BCUT2D eigenvalue weighted by Gasteiger charge is 2.51. The summed E-state index contributed by atoms with van der Waals surface area (Å²) in [5.74, 6) is -1.69. The second-order valence-corrected chi connectivity index (χ2v) is 5.02. The number of carbonyl (C=O) groups excluding carboxylic acids is 1. The van der Waals surface area contributed by atoms with Crippen LogP contribution in [-0.4, -0.2) is 28.9 Å². The van der Waals surface area contributed by atoms with Crippen molar-refractivity contribution in [3.8, 4) is 0 Å². The monoisotopic (exact) mass is 216 g/mol. The van der Waals surface area contributed by atoms with Gasteiger partial charge in [-0.05, 0) is 6.92 Å². The standard InChI is InChI=1S/C10H16O5/c1-9(2,3)8-14-7(13)10(4,15-8)5-6(11)12/h8H,5H2,1-4H3,(H,11,12)/t8-,10?/m1/s1. The number of aliphatic carboxylic acids is 1. The molecule has 0 aromatic carbocycles. The van der Waals surface area contributed by atoms with Crippen LogP contribution >= 0.6 is 0 Å². The third kappa shape index (κ3) is 2.47. The van der Waals surface area contributed by atoms with E-state index in [1.807, 2.05) is 20.8 Å². The number of carbonyl (C=O) groups is 2. The Balaban J connectivity index is 2.80. The van der Waals surface area contributed by atoms with E-state index in [0.29, 0.717) is 0 Å². The van der Waals surface area contributed by atoms with Gasteiger partial charge < -0.3 is 14.6 Å². The van der Waals surface area contributed by atoms with Gasteiger partial charge in [-0.3, -0.25) is 4.79 Å². The number of hydrogen-bond donors (Lipinski definition) is 1. The van der Waals surface area contributed by atoms with Gasteiger partial charge in [0.15, 0.2) is 5.60 Å². The maximum absolute atomic E-state index is 11.5. The summed E-state index contributed by atoms with van der Waals surface area (Å²) in [6, 6.07) is 0. The fourth-order valence-corrected chi connectivity index (χ4v) is 1.29. The summed E-state index contributed by atoms with van der Waals surface area (Å²) in [6.07, 6.45) is -1.06. The molecule has 0 spiro atoms. The lowest BCUT2D eigenvalue weighted by atomic mass is 9.96. The predicted molar refractivity (Wildman–Crippen MR) is 51.1 cm³/mol. The topological polar surface area (TPSA) is 72.8 Å². The van der Waals surface area contributed by atoms with Crippen molar-refractivity contribution in [1.29, 1.82) is 0 Å². The van der Waals surface area contributed by atoms with Gasteiger partial charge >= 0.3 is 11.9 Å². The van der Waals surface area contributed by atoms with Crippen LogP contribution in [-0.2, 0) is 19.1 Å². The molecule has 0 aromatic rings. The molecule has 1 aliphatic rings. The zero-order valence-corrected chi connectivity index (χ0v) is 9.36. The van der Waals surface area contributed by atoms with Gasteiger partial charge in [0.2, 0.25) is 6.29 Å². The van der Waals surface area contributed by atoms with Gasteiger partial charge in [-0.25, -0.2) is 4.79 Å². The lowest BCUT2D eigenvalue weighted by Crippen LogP contribution is -2.36. The van der Waals surface area contributed by atoms with Crippen molar-refractivity contribution in [3.63, 3.8) is 0 Å². The first kappa shape index (κ1) is 12.0.